The minimum absolute atomic E-state index is 0.0460. The summed E-state index contributed by atoms with van der Waals surface area (Å²) in [6.45, 7) is 4.72. The highest BCUT2D eigenvalue weighted by Gasteiger charge is 2.40. The first-order valence-corrected chi connectivity index (χ1v) is 8.92. The Bertz CT molecular complexity index is 744. The van der Waals surface area contributed by atoms with Gasteiger partial charge >= 0.3 is 12.1 Å². The first-order chi connectivity index (χ1) is 13.1. The van der Waals surface area contributed by atoms with Crippen LogP contribution in [-0.4, -0.2) is 64.7 Å². The molecule has 1 aliphatic heterocycles. The molecule has 1 saturated heterocycles. The molecule has 9 heteroatoms. The number of carboxylic acids is 1. The minimum atomic E-state index is -1.16. The molecular formula is C19H25N3O6. The molecule has 0 saturated carbocycles. The Morgan fingerprint density at radius 1 is 1.18 bits per heavy atom. The van der Waals surface area contributed by atoms with Crippen molar-refractivity contribution in [3.63, 3.8) is 0 Å². The zero-order valence-electron chi connectivity index (χ0n) is 16.1. The third-order valence-electron chi connectivity index (χ3n) is 4.06. The molecule has 2 atom stereocenters. The Hall–Kier alpha value is -3.10. The van der Waals surface area contributed by atoms with Crippen LogP contribution in [0.3, 0.4) is 0 Å². The van der Waals surface area contributed by atoms with Crippen molar-refractivity contribution in [3.8, 4) is 0 Å². The fraction of sp³-hybridized carbons (Fsp3) is 0.474. The lowest BCUT2D eigenvalue weighted by Crippen LogP contribution is -2.46. The predicted octanol–water partition coefficient (Wildman–Crippen LogP) is 0.995. The summed E-state index contributed by atoms with van der Waals surface area (Å²) < 4.78 is 5.05. The second-order valence-corrected chi connectivity index (χ2v) is 7.53. The summed E-state index contributed by atoms with van der Waals surface area (Å²) >= 11 is 0. The van der Waals surface area contributed by atoms with Gasteiger partial charge in [0.2, 0.25) is 5.91 Å². The Balaban J connectivity index is 1.95. The first kappa shape index (κ1) is 21.2. The molecule has 0 aliphatic carbocycles. The zero-order chi connectivity index (χ0) is 20.9. The highest BCUT2D eigenvalue weighted by atomic mass is 16.6. The van der Waals surface area contributed by atoms with E-state index in [1.807, 2.05) is 0 Å². The number of hydrogen-bond acceptors (Lipinski definition) is 5. The summed E-state index contributed by atoms with van der Waals surface area (Å²) in [5, 5.41) is 14.5. The largest absolute Gasteiger partial charge is 0.480 e. The number of rotatable bonds is 5. The molecule has 0 aromatic heterocycles. The third kappa shape index (κ3) is 5.97. The van der Waals surface area contributed by atoms with Crippen molar-refractivity contribution >= 4 is 23.9 Å². The van der Waals surface area contributed by atoms with E-state index in [2.05, 4.69) is 10.6 Å². The zero-order valence-corrected chi connectivity index (χ0v) is 16.1. The molecule has 0 radical (unpaired) electrons. The van der Waals surface area contributed by atoms with Crippen molar-refractivity contribution in [3.05, 3.63) is 35.9 Å². The summed E-state index contributed by atoms with van der Waals surface area (Å²) in [7, 11) is 0. The van der Waals surface area contributed by atoms with Gasteiger partial charge in [0.05, 0.1) is 0 Å². The number of likely N-dealkylation sites (tertiary alicyclic amines) is 1. The van der Waals surface area contributed by atoms with Crippen molar-refractivity contribution in [2.45, 2.75) is 44.9 Å². The normalized spacial score (nSPS) is 19.0. The number of hydrogen-bond donors (Lipinski definition) is 3. The van der Waals surface area contributed by atoms with Crippen LogP contribution < -0.4 is 10.6 Å². The molecule has 9 nitrogen and oxygen atoms in total. The van der Waals surface area contributed by atoms with Crippen molar-refractivity contribution in [1.82, 2.24) is 15.5 Å². The van der Waals surface area contributed by atoms with Gasteiger partial charge in [-0.15, -0.1) is 0 Å². The number of nitrogens with one attached hydrogen (secondary N) is 2. The number of aliphatic carboxylic acids is 1. The number of carbonyl (C=O) groups is 4. The van der Waals surface area contributed by atoms with E-state index in [9.17, 15) is 24.3 Å². The fourth-order valence-electron chi connectivity index (χ4n) is 2.87. The van der Waals surface area contributed by atoms with Crippen LogP contribution in [0.1, 0.15) is 37.6 Å². The van der Waals surface area contributed by atoms with E-state index in [1.54, 1.807) is 51.1 Å². The molecular weight excluding hydrogens is 366 g/mol. The maximum Gasteiger partial charge on any atom is 0.408 e. The molecule has 3 amide bonds. The number of ether oxygens (including phenoxy) is 1. The summed E-state index contributed by atoms with van der Waals surface area (Å²) in [6, 6.07) is 6.95. The van der Waals surface area contributed by atoms with E-state index in [-0.39, 0.29) is 18.9 Å². The van der Waals surface area contributed by atoms with Crippen LogP contribution in [-0.2, 0) is 14.3 Å². The molecule has 1 fully saturated rings. The molecule has 3 N–H and O–H groups in total. The Labute approximate surface area is 163 Å². The predicted molar refractivity (Wildman–Crippen MR) is 99.7 cm³/mol. The lowest BCUT2D eigenvalue weighted by atomic mass is 10.1. The second-order valence-electron chi connectivity index (χ2n) is 7.53. The fourth-order valence-corrected chi connectivity index (χ4v) is 2.87. The van der Waals surface area contributed by atoms with Gasteiger partial charge in [-0.3, -0.25) is 9.59 Å². The summed E-state index contributed by atoms with van der Waals surface area (Å²) in [4.78, 5) is 49.0. The van der Waals surface area contributed by atoms with Crippen molar-refractivity contribution in [2.24, 2.45) is 0 Å². The minimum Gasteiger partial charge on any atom is -0.480 e. The first-order valence-electron chi connectivity index (χ1n) is 8.92. The van der Waals surface area contributed by atoms with Crippen LogP contribution in [0.15, 0.2) is 30.3 Å². The molecule has 0 spiro atoms. The van der Waals surface area contributed by atoms with Gasteiger partial charge in [0.15, 0.2) is 0 Å². The van der Waals surface area contributed by atoms with E-state index in [0.29, 0.717) is 5.56 Å². The lowest BCUT2D eigenvalue weighted by molar-refractivity contribution is -0.147. The van der Waals surface area contributed by atoms with Gasteiger partial charge in [-0.25, -0.2) is 9.59 Å². The van der Waals surface area contributed by atoms with E-state index in [1.165, 1.54) is 0 Å². The average Bonchev–Trinajstić information content (AvgIpc) is 3.03. The maximum absolute atomic E-state index is 12.4. The topological polar surface area (TPSA) is 125 Å². The monoisotopic (exact) mass is 391 g/mol. The SMILES string of the molecule is CC(C)(C)OC(=O)NCC(=O)N1C[C@@H](NC(=O)c2ccccc2)CC1C(=O)O. The molecule has 1 heterocycles. The van der Waals surface area contributed by atoms with Crippen LogP contribution >= 0.6 is 0 Å². The maximum atomic E-state index is 12.4. The van der Waals surface area contributed by atoms with Crippen LogP contribution in [0.4, 0.5) is 4.79 Å². The number of benzene rings is 1. The van der Waals surface area contributed by atoms with Gasteiger partial charge in [0.25, 0.3) is 5.91 Å². The summed E-state index contributed by atoms with van der Waals surface area (Å²) in [5.74, 6) is -2.06. The van der Waals surface area contributed by atoms with Crippen LogP contribution in [0, 0.1) is 0 Å². The molecule has 1 aromatic rings. The van der Waals surface area contributed by atoms with E-state index >= 15 is 0 Å². The van der Waals surface area contributed by atoms with Crippen LogP contribution in [0.25, 0.3) is 0 Å². The van der Waals surface area contributed by atoms with Gasteiger partial charge in [0, 0.05) is 24.6 Å². The number of carbonyl (C=O) groups excluding carboxylic acids is 3. The third-order valence-corrected chi connectivity index (χ3v) is 4.06. The standard InChI is InChI=1S/C19H25N3O6/c1-19(2,3)28-18(27)20-10-15(23)22-11-13(9-14(22)17(25)26)21-16(24)12-7-5-4-6-8-12/h4-8,13-14H,9-11H2,1-3H3,(H,20,27)(H,21,24)(H,25,26)/t13-,14?/m0/s1. The van der Waals surface area contributed by atoms with Gasteiger partial charge in [-0.05, 0) is 32.9 Å². The van der Waals surface area contributed by atoms with Crippen molar-refractivity contribution < 1.29 is 29.0 Å². The summed E-state index contributed by atoms with van der Waals surface area (Å²) in [5.41, 5.74) is -0.261. The second kappa shape index (κ2) is 8.73. The smallest absolute Gasteiger partial charge is 0.408 e. The lowest BCUT2D eigenvalue weighted by Gasteiger charge is -2.23. The average molecular weight is 391 g/mol. The molecule has 1 unspecified atom stereocenters. The number of amides is 3. The van der Waals surface area contributed by atoms with Gasteiger partial charge in [-0.1, -0.05) is 18.2 Å². The molecule has 28 heavy (non-hydrogen) atoms. The Morgan fingerprint density at radius 2 is 1.82 bits per heavy atom. The number of carboxylic acid groups (broad SMARTS) is 1. The van der Waals surface area contributed by atoms with Crippen LogP contribution in [0.2, 0.25) is 0 Å². The highest BCUT2D eigenvalue weighted by Crippen LogP contribution is 2.19. The molecule has 1 aromatic carbocycles. The van der Waals surface area contributed by atoms with E-state index < -0.39 is 42.2 Å². The van der Waals surface area contributed by atoms with Gasteiger partial charge in [-0.2, -0.15) is 0 Å². The van der Waals surface area contributed by atoms with Crippen molar-refractivity contribution in [2.75, 3.05) is 13.1 Å². The molecule has 0 bridgehead atoms. The van der Waals surface area contributed by atoms with Crippen molar-refractivity contribution in [1.29, 1.82) is 0 Å². The number of nitrogens with zero attached hydrogens (tertiary/aromatic N) is 1. The quantitative estimate of drug-likeness (QED) is 0.688. The molecule has 2 rings (SSSR count). The Morgan fingerprint density at radius 3 is 2.39 bits per heavy atom. The summed E-state index contributed by atoms with van der Waals surface area (Å²) in [6.07, 6.45) is -0.674. The highest BCUT2D eigenvalue weighted by molar-refractivity contribution is 5.94. The molecule has 152 valence electrons. The van der Waals surface area contributed by atoms with E-state index in [4.69, 9.17) is 4.74 Å². The van der Waals surface area contributed by atoms with E-state index in [0.717, 1.165) is 4.90 Å². The van der Waals surface area contributed by atoms with Gasteiger partial charge in [0.1, 0.15) is 18.2 Å². The Kier molecular flexibility index (Phi) is 6.61. The number of alkyl carbamates (subject to hydrolysis) is 1. The van der Waals surface area contributed by atoms with Gasteiger partial charge < -0.3 is 25.4 Å². The van der Waals surface area contributed by atoms with Crippen LogP contribution in [0.5, 0.6) is 0 Å². The molecule has 1 aliphatic rings.